The Labute approximate surface area is 157 Å². The summed E-state index contributed by atoms with van der Waals surface area (Å²) in [5.74, 6) is 0.909. The molecule has 1 unspecified atom stereocenters. The van der Waals surface area contributed by atoms with E-state index in [0.29, 0.717) is 6.04 Å². The van der Waals surface area contributed by atoms with Gasteiger partial charge < -0.3 is 9.84 Å². The van der Waals surface area contributed by atoms with Crippen molar-refractivity contribution in [2.75, 3.05) is 26.8 Å². The molecule has 0 saturated carbocycles. The summed E-state index contributed by atoms with van der Waals surface area (Å²) in [7, 11) is 1.71. The van der Waals surface area contributed by atoms with Crippen molar-refractivity contribution in [2.45, 2.75) is 44.1 Å². The van der Waals surface area contributed by atoms with E-state index in [4.69, 9.17) is 4.74 Å². The van der Waals surface area contributed by atoms with Gasteiger partial charge in [-0.2, -0.15) is 0 Å². The molecule has 1 aliphatic rings. The first-order valence-electron chi connectivity index (χ1n) is 9.73. The van der Waals surface area contributed by atoms with Crippen molar-refractivity contribution >= 4 is 0 Å². The SMILES string of the molecule is COc1ccc(C(C)N2CCC(CCCO)(c3ccccc3)CC2)cc1. The summed E-state index contributed by atoms with van der Waals surface area (Å²) in [5, 5.41) is 9.37. The zero-order chi connectivity index (χ0) is 18.4. The van der Waals surface area contributed by atoms with E-state index in [1.807, 2.05) is 12.1 Å². The Morgan fingerprint density at radius 3 is 2.27 bits per heavy atom. The summed E-state index contributed by atoms with van der Waals surface area (Å²) in [4.78, 5) is 2.59. The van der Waals surface area contributed by atoms with Gasteiger partial charge in [-0.1, -0.05) is 42.5 Å². The average Bonchev–Trinajstić information content (AvgIpc) is 2.73. The van der Waals surface area contributed by atoms with Crippen molar-refractivity contribution in [2.24, 2.45) is 0 Å². The predicted molar refractivity (Wildman–Crippen MR) is 107 cm³/mol. The number of benzene rings is 2. The molecular formula is C23H31NO2. The van der Waals surface area contributed by atoms with E-state index in [0.717, 1.165) is 44.5 Å². The third kappa shape index (κ3) is 4.11. The van der Waals surface area contributed by atoms with Gasteiger partial charge in [-0.05, 0) is 74.4 Å². The van der Waals surface area contributed by atoms with Crippen molar-refractivity contribution in [3.63, 3.8) is 0 Å². The van der Waals surface area contributed by atoms with Crippen LogP contribution in [0.5, 0.6) is 5.75 Å². The number of likely N-dealkylation sites (tertiary alicyclic amines) is 1. The van der Waals surface area contributed by atoms with Crippen LogP contribution in [0, 0.1) is 0 Å². The minimum atomic E-state index is 0.208. The maximum absolute atomic E-state index is 9.37. The number of hydrogen-bond donors (Lipinski definition) is 1. The van der Waals surface area contributed by atoms with Crippen LogP contribution in [0.3, 0.4) is 0 Å². The lowest BCUT2D eigenvalue weighted by atomic mass is 9.69. The first-order chi connectivity index (χ1) is 12.7. The van der Waals surface area contributed by atoms with Crippen LogP contribution in [0.1, 0.15) is 49.8 Å². The van der Waals surface area contributed by atoms with Crippen LogP contribution >= 0.6 is 0 Å². The smallest absolute Gasteiger partial charge is 0.118 e. The van der Waals surface area contributed by atoms with Crippen molar-refractivity contribution in [1.29, 1.82) is 0 Å². The largest absolute Gasteiger partial charge is 0.497 e. The Morgan fingerprint density at radius 1 is 1.04 bits per heavy atom. The lowest BCUT2D eigenvalue weighted by molar-refractivity contribution is 0.111. The van der Waals surface area contributed by atoms with Crippen molar-refractivity contribution in [3.8, 4) is 5.75 Å². The Hall–Kier alpha value is -1.84. The van der Waals surface area contributed by atoms with Crippen LogP contribution < -0.4 is 4.74 Å². The normalized spacial score (nSPS) is 18.4. The average molecular weight is 354 g/mol. The monoisotopic (exact) mass is 353 g/mol. The number of rotatable bonds is 7. The molecule has 0 radical (unpaired) electrons. The minimum absolute atomic E-state index is 0.208. The van der Waals surface area contributed by atoms with Gasteiger partial charge in [0.2, 0.25) is 0 Å². The summed E-state index contributed by atoms with van der Waals surface area (Å²) < 4.78 is 5.27. The van der Waals surface area contributed by atoms with Gasteiger partial charge in [0.1, 0.15) is 5.75 Å². The Bertz CT molecular complexity index is 660. The summed E-state index contributed by atoms with van der Waals surface area (Å²) >= 11 is 0. The van der Waals surface area contributed by atoms with Crippen LogP contribution in [0.25, 0.3) is 0 Å². The van der Waals surface area contributed by atoms with Gasteiger partial charge >= 0.3 is 0 Å². The zero-order valence-corrected chi connectivity index (χ0v) is 16.0. The van der Waals surface area contributed by atoms with Gasteiger partial charge in [0.15, 0.2) is 0 Å². The number of ether oxygens (including phenoxy) is 1. The molecule has 1 saturated heterocycles. The maximum Gasteiger partial charge on any atom is 0.118 e. The second kappa shape index (κ2) is 8.70. The molecule has 26 heavy (non-hydrogen) atoms. The Morgan fingerprint density at radius 2 is 1.69 bits per heavy atom. The molecule has 1 aliphatic heterocycles. The second-order valence-electron chi connectivity index (χ2n) is 7.46. The molecule has 1 fully saturated rings. The molecule has 0 amide bonds. The van der Waals surface area contributed by atoms with Gasteiger partial charge in [-0.3, -0.25) is 4.90 Å². The first kappa shape index (κ1) is 18.9. The molecule has 2 aromatic carbocycles. The summed E-state index contributed by atoms with van der Waals surface area (Å²) in [6.07, 6.45) is 4.25. The third-order valence-electron chi connectivity index (χ3n) is 6.10. The summed E-state index contributed by atoms with van der Waals surface area (Å²) in [5.41, 5.74) is 2.98. The van der Waals surface area contributed by atoms with E-state index in [2.05, 4.69) is 54.3 Å². The fourth-order valence-corrected chi connectivity index (χ4v) is 4.32. The Balaban J connectivity index is 1.70. The predicted octanol–water partition coefficient (Wildman–Crippen LogP) is 4.56. The van der Waals surface area contributed by atoms with Gasteiger partial charge in [-0.25, -0.2) is 0 Å². The highest BCUT2D eigenvalue weighted by Crippen LogP contribution is 2.41. The van der Waals surface area contributed by atoms with Gasteiger partial charge in [0.25, 0.3) is 0 Å². The number of aliphatic hydroxyl groups excluding tert-OH is 1. The molecule has 3 heteroatoms. The lowest BCUT2D eigenvalue weighted by Gasteiger charge is -2.44. The molecular weight excluding hydrogens is 322 g/mol. The minimum Gasteiger partial charge on any atom is -0.497 e. The number of hydrogen-bond acceptors (Lipinski definition) is 3. The number of piperidine rings is 1. The van der Waals surface area contributed by atoms with Crippen LogP contribution in [0.2, 0.25) is 0 Å². The van der Waals surface area contributed by atoms with E-state index < -0.39 is 0 Å². The molecule has 0 aliphatic carbocycles. The van der Waals surface area contributed by atoms with E-state index in [1.54, 1.807) is 7.11 Å². The van der Waals surface area contributed by atoms with Crippen LogP contribution in [-0.4, -0.2) is 36.8 Å². The van der Waals surface area contributed by atoms with E-state index >= 15 is 0 Å². The summed E-state index contributed by atoms with van der Waals surface area (Å²) in [6.45, 7) is 4.76. The highest BCUT2D eigenvalue weighted by atomic mass is 16.5. The number of aliphatic hydroxyl groups is 1. The zero-order valence-electron chi connectivity index (χ0n) is 16.0. The molecule has 2 aromatic rings. The summed E-state index contributed by atoms with van der Waals surface area (Å²) in [6, 6.07) is 19.8. The highest BCUT2D eigenvalue weighted by molar-refractivity contribution is 5.30. The van der Waals surface area contributed by atoms with Crippen LogP contribution in [0.4, 0.5) is 0 Å². The topological polar surface area (TPSA) is 32.7 Å². The molecule has 3 nitrogen and oxygen atoms in total. The van der Waals surface area contributed by atoms with Gasteiger partial charge in [-0.15, -0.1) is 0 Å². The molecule has 1 heterocycles. The Kier molecular flexibility index (Phi) is 6.33. The molecule has 0 aromatic heterocycles. The highest BCUT2D eigenvalue weighted by Gasteiger charge is 2.36. The molecule has 1 N–H and O–H groups in total. The van der Waals surface area contributed by atoms with E-state index in [-0.39, 0.29) is 12.0 Å². The third-order valence-corrected chi connectivity index (χ3v) is 6.10. The second-order valence-corrected chi connectivity index (χ2v) is 7.46. The van der Waals surface area contributed by atoms with E-state index in [1.165, 1.54) is 11.1 Å². The molecule has 140 valence electrons. The number of nitrogens with zero attached hydrogens (tertiary/aromatic N) is 1. The van der Waals surface area contributed by atoms with Crippen LogP contribution in [0.15, 0.2) is 54.6 Å². The lowest BCUT2D eigenvalue weighted by Crippen LogP contribution is -2.43. The van der Waals surface area contributed by atoms with Crippen molar-refractivity contribution in [1.82, 2.24) is 4.90 Å². The van der Waals surface area contributed by atoms with Gasteiger partial charge in [0, 0.05) is 12.6 Å². The molecule has 0 bridgehead atoms. The van der Waals surface area contributed by atoms with Crippen molar-refractivity contribution in [3.05, 3.63) is 65.7 Å². The molecule has 1 atom stereocenters. The van der Waals surface area contributed by atoms with Gasteiger partial charge in [0.05, 0.1) is 7.11 Å². The maximum atomic E-state index is 9.37. The molecule has 3 rings (SSSR count). The fourth-order valence-electron chi connectivity index (χ4n) is 4.32. The molecule has 0 spiro atoms. The van der Waals surface area contributed by atoms with E-state index in [9.17, 15) is 5.11 Å². The number of methoxy groups -OCH3 is 1. The van der Waals surface area contributed by atoms with Crippen molar-refractivity contribution < 1.29 is 9.84 Å². The quantitative estimate of drug-likeness (QED) is 0.792. The fraction of sp³-hybridized carbons (Fsp3) is 0.478. The standard InChI is InChI=1S/C23H31NO2/c1-19(20-9-11-22(26-2)12-10-20)24-16-14-23(15-17-24,13-6-18-25)21-7-4-3-5-8-21/h3-5,7-12,19,25H,6,13-18H2,1-2H3. The first-order valence-corrected chi connectivity index (χ1v) is 9.73. The van der Waals surface area contributed by atoms with Crippen LogP contribution in [-0.2, 0) is 5.41 Å².